The van der Waals surface area contributed by atoms with E-state index in [1.54, 1.807) is 24.3 Å². The molecule has 0 saturated heterocycles. The maximum absolute atomic E-state index is 11.6. The van der Waals surface area contributed by atoms with E-state index in [0.29, 0.717) is 5.75 Å². The lowest BCUT2D eigenvalue weighted by molar-refractivity contribution is -0.131. The smallest absolute Gasteiger partial charge is 0.276 e. The van der Waals surface area contributed by atoms with Crippen molar-refractivity contribution >= 4 is 11.8 Å². The summed E-state index contributed by atoms with van der Waals surface area (Å²) in [4.78, 5) is 23.2. The first-order valence-corrected chi connectivity index (χ1v) is 7.22. The van der Waals surface area contributed by atoms with Gasteiger partial charge in [0.05, 0.1) is 0 Å². The highest BCUT2D eigenvalue weighted by atomic mass is 16.5. The van der Waals surface area contributed by atoms with E-state index < -0.39 is 11.8 Å². The van der Waals surface area contributed by atoms with Gasteiger partial charge in [0.15, 0.2) is 24.7 Å². The lowest BCUT2D eigenvalue weighted by atomic mass is 10.2. The molecular weight excluding hydrogens is 312 g/mol. The van der Waals surface area contributed by atoms with Crippen molar-refractivity contribution in [2.45, 2.75) is 6.92 Å². The highest BCUT2D eigenvalue weighted by Gasteiger charge is 2.08. The Morgan fingerprint density at radius 2 is 1.62 bits per heavy atom. The molecule has 126 valence electrons. The third-order valence-corrected chi connectivity index (χ3v) is 2.92. The van der Waals surface area contributed by atoms with Gasteiger partial charge in [0.2, 0.25) is 0 Å². The Bertz CT molecular complexity index is 718. The van der Waals surface area contributed by atoms with Crippen molar-refractivity contribution in [2.24, 2.45) is 0 Å². The summed E-state index contributed by atoms with van der Waals surface area (Å²) < 4.78 is 10.4. The van der Waals surface area contributed by atoms with Crippen LogP contribution < -0.4 is 20.3 Å². The minimum absolute atomic E-state index is 0.0686. The summed E-state index contributed by atoms with van der Waals surface area (Å²) in [6.45, 7) is 1.33. The number of phenolic OH excluding ortho intramolecular Hbond substituents is 1. The van der Waals surface area contributed by atoms with E-state index in [4.69, 9.17) is 9.47 Å². The number of phenols is 1. The predicted molar refractivity (Wildman–Crippen MR) is 86.6 cm³/mol. The Morgan fingerprint density at radius 1 is 0.958 bits per heavy atom. The molecule has 2 rings (SSSR count). The van der Waals surface area contributed by atoms with Crippen LogP contribution in [0.3, 0.4) is 0 Å². The number of hydrogen-bond donors (Lipinski definition) is 3. The van der Waals surface area contributed by atoms with Gasteiger partial charge in [-0.3, -0.25) is 20.4 Å². The van der Waals surface area contributed by atoms with Crippen molar-refractivity contribution in [3.63, 3.8) is 0 Å². The summed E-state index contributed by atoms with van der Waals surface area (Å²) >= 11 is 0. The van der Waals surface area contributed by atoms with Gasteiger partial charge in [-0.2, -0.15) is 0 Å². The fraction of sp³-hybridized carbons (Fsp3) is 0.176. The molecule has 0 aliphatic carbocycles. The van der Waals surface area contributed by atoms with Crippen molar-refractivity contribution in [2.75, 3.05) is 13.2 Å². The van der Waals surface area contributed by atoms with Crippen LogP contribution in [0.5, 0.6) is 17.2 Å². The highest BCUT2D eigenvalue weighted by molar-refractivity contribution is 5.83. The molecule has 0 fully saturated rings. The minimum atomic E-state index is -0.567. The first-order chi connectivity index (χ1) is 11.5. The van der Waals surface area contributed by atoms with E-state index in [1.165, 1.54) is 12.1 Å². The number of benzene rings is 2. The molecular formula is C17H18N2O5. The molecule has 2 amide bonds. The predicted octanol–water partition coefficient (Wildman–Crippen LogP) is 1.31. The van der Waals surface area contributed by atoms with E-state index >= 15 is 0 Å². The first-order valence-electron chi connectivity index (χ1n) is 7.22. The number of hydrazine groups is 1. The number of nitrogens with one attached hydrogen (secondary N) is 2. The van der Waals surface area contributed by atoms with Crippen LogP contribution in [0.15, 0.2) is 48.5 Å². The fourth-order valence-electron chi connectivity index (χ4n) is 1.79. The average Bonchev–Trinajstić information content (AvgIpc) is 2.57. The van der Waals surface area contributed by atoms with Gasteiger partial charge in [-0.1, -0.05) is 24.3 Å². The Morgan fingerprint density at radius 3 is 2.29 bits per heavy atom. The molecule has 2 aromatic carbocycles. The molecule has 0 atom stereocenters. The molecule has 2 aromatic rings. The third-order valence-electron chi connectivity index (χ3n) is 2.92. The van der Waals surface area contributed by atoms with E-state index in [1.807, 2.05) is 19.1 Å². The summed E-state index contributed by atoms with van der Waals surface area (Å²) in [6, 6.07) is 13.5. The number of amides is 2. The maximum Gasteiger partial charge on any atom is 0.276 e. The summed E-state index contributed by atoms with van der Waals surface area (Å²) in [5, 5.41) is 9.50. The van der Waals surface area contributed by atoms with Crippen molar-refractivity contribution in [3.8, 4) is 17.2 Å². The fourth-order valence-corrected chi connectivity index (χ4v) is 1.79. The third kappa shape index (κ3) is 5.53. The molecule has 24 heavy (non-hydrogen) atoms. The normalized spacial score (nSPS) is 9.88. The SMILES string of the molecule is Cc1cccc(OCC(=O)NNC(=O)COc2ccccc2O)c1. The van der Waals surface area contributed by atoms with Crippen LogP contribution in [0.1, 0.15) is 5.56 Å². The summed E-state index contributed by atoms with van der Waals surface area (Å²) in [7, 11) is 0. The van der Waals surface area contributed by atoms with Crippen molar-refractivity contribution in [1.29, 1.82) is 0 Å². The van der Waals surface area contributed by atoms with Crippen molar-refractivity contribution in [3.05, 3.63) is 54.1 Å². The number of hydrogen-bond acceptors (Lipinski definition) is 5. The number of ether oxygens (including phenoxy) is 2. The first kappa shape index (κ1) is 17.1. The molecule has 7 nitrogen and oxygen atoms in total. The molecule has 0 heterocycles. The zero-order chi connectivity index (χ0) is 17.4. The van der Waals surface area contributed by atoms with E-state index in [0.717, 1.165) is 5.56 Å². The number of carbonyl (C=O) groups excluding carboxylic acids is 2. The Labute approximate surface area is 139 Å². The van der Waals surface area contributed by atoms with Gasteiger partial charge in [0.1, 0.15) is 5.75 Å². The van der Waals surface area contributed by atoms with E-state index in [-0.39, 0.29) is 24.7 Å². The summed E-state index contributed by atoms with van der Waals surface area (Å²) in [6.07, 6.45) is 0. The van der Waals surface area contributed by atoms with Gasteiger partial charge >= 0.3 is 0 Å². The second-order valence-electron chi connectivity index (χ2n) is 4.96. The molecule has 0 saturated carbocycles. The maximum atomic E-state index is 11.6. The number of rotatable bonds is 6. The van der Waals surface area contributed by atoms with Crippen molar-refractivity contribution < 1.29 is 24.2 Å². The van der Waals surface area contributed by atoms with Gasteiger partial charge in [-0.05, 0) is 36.8 Å². The molecule has 0 spiro atoms. The molecule has 0 aliphatic heterocycles. The zero-order valence-corrected chi connectivity index (χ0v) is 13.1. The standard InChI is InChI=1S/C17H18N2O5/c1-12-5-4-6-13(9-12)23-10-16(21)18-19-17(22)11-24-15-8-3-2-7-14(15)20/h2-9,20H,10-11H2,1H3,(H,18,21)(H,19,22). The second kappa shape index (κ2) is 8.42. The largest absolute Gasteiger partial charge is 0.504 e. The lowest BCUT2D eigenvalue weighted by Crippen LogP contribution is -2.45. The van der Waals surface area contributed by atoms with Crippen LogP contribution in [0.2, 0.25) is 0 Å². The summed E-state index contributed by atoms with van der Waals surface area (Å²) in [5.74, 6) is -0.392. The summed E-state index contributed by atoms with van der Waals surface area (Å²) in [5.41, 5.74) is 5.42. The van der Waals surface area contributed by atoms with Crippen LogP contribution in [0.4, 0.5) is 0 Å². The number of para-hydroxylation sites is 2. The average molecular weight is 330 g/mol. The van der Waals surface area contributed by atoms with E-state index in [9.17, 15) is 14.7 Å². The van der Waals surface area contributed by atoms with Crippen LogP contribution in [0, 0.1) is 6.92 Å². The number of aromatic hydroxyl groups is 1. The monoisotopic (exact) mass is 330 g/mol. The second-order valence-corrected chi connectivity index (χ2v) is 4.96. The Hall–Kier alpha value is -3.22. The van der Waals surface area contributed by atoms with Crippen LogP contribution in [-0.4, -0.2) is 30.1 Å². The van der Waals surface area contributed by atoms with Crippen LogP contribution in [0.25, 0.3) is 0 Å². The molecule has 0 aromatic heterocycles. The zero-order valence-electron chi connectivity index (χ0n) is 13.1. The molecule has 3 N–H and O–H groups in total. The molecule has 0 radical (unpaired) electrons. The van der Waals surface area contributed by atoms with E-state index in [2.05, 4.69) is 10.9 Å². The molecule has 0 bridgehead atoms. The lowest BCUT2D eigenvalue weighted by Gasteiger charge is -2.10. The number of carbonyl (C=O) groups is 2. The molecule has 0 unspecified atom stereocenters. The van der Waals surface area contributed by atoms with Gasteiger partial charge in [-0.15, -0.1) is 0 Å². The van der Waals surface area contributed by atoms with Gasteiger partial charge in [-0.25, -0.2) is 0 Å². The quantitative estimate of drug-likeness (QED) is 0.694. The van der Waals surface area contributed by atoms with Gasteiger partial charge in [0.25, 0.3) is 11.8 Å². The molecule has 7 heteroatoms. The van der Waals surface area contributed by atoms with Crippen molar-refractivity contribution in [1.82, 2.24) is 10.9 Å². The van der Waals surface area contributed by atoms with Crippen LogP contribution in [-0.2, 0) is 9.59 Å². The Balaban J connectivity index is 1.68. The van der Waals surface area contributed by atoms with Gasteiger partial charge in [0, 0.05) is 0 Å². The Kier molecular flexibility index (Phi) is 6.01. The molecule has 0 aliphatic rings. The minimum Gasteiger partial charge on any atom is -0.504 e. The van der Waals surface area contributed by atoms with Gasteiger partial charge < -0.3 is 14.6 Å². The highest BCUT2D eigenvalue weighted by Crippen LogP contribution is 2.23. The number of aryl methyl sites for hydroxylation is 1. The topological polar surface area (TPSA) is 96.9 Å². The van der Waals surface area contributed by atoms with Crippen LogP contribution >= 0.6 is 0 Å².